The minimum atomic E-state index is -3.34. The summed E-state index contributed by atoms with van der Waals surface area (Å²) in [5.74, 6) is 0.713. The van der Waals surface area contributed by atoms with Crippen molar-refractivity contribution in [1.82, 2.24) is 0 Å². The third-order valence-corrected chi connectivity index (χ3v) is 5.89. The molecule has 114 valence electrons. The molecule has 0 spiro atoms. The number of fused-ring (bicyclic) bond motifs is 1. The summed E-state index contributed by atoms with van der Waals surface area (Å²) in [7, 11) is -3.34. The summed E-state index contributed by atoms with van der Waals surface area (Å²) in [5, 5.41) is 0. The van der Waals surface area contributed by atoms with Gasteiger partial charge in [-0.2, -0.15) is 0 Å². The Morgan fingerprint density at radius 1 is 1.19 bits per heavy atom. The zero-order chi connectivity index (χ0) is 14.9. The molecule has 1 aromatic carbocycles. The summed E-state index contributed by atoms with van der Waals surface area (Å²) in [6.45, 7) is 4.31. The van der Waals surface area contributed by atoms with Crippen molar-refractivity contribution in [3.05, 3.63) is 41.2 Å². The van der Waals surface area contributed by atoms with Crippen molar-refractivity contribution in [3.8, 4) is 0 Å². The average Bonchev–Trinajstić information content (AvgIpc) is 3.31. The molecule has 21 heavy (non-hydrogen) atoms. The quantitative estimate of drug-likeness (QED) is 0.712. The van der Waals surface area contributed by atoms with Crippen molar-refractivity contribution in [2.75, 3.05) is 13.2 Å². The maximum absolute atomic E-state index is 13.1. The Labute approximate surface area is 125 Å². The van der Waals surface area contributed by atoms with Gasteiger partial charge in [0.1, 0.15) is 5.76 Å². The lowest BCUT2D eigenvalue weighted by Crippen LogP contribution is -2.15. The second-order valence-electron chi connectivity index (χ2n) is 5.30. The van der Waals surface area contributed by atoms with E-state index in [1.165, 1.54) is 0 Å². The number of benzene rings is 1. The van der Waals surface area contributed by atoms with Crippen LogP contribution in [0.5, 0.6) is 0 Å². The fourth-order valence-corrected chi connectivity index (χ4v) is 4.49. The van der Waals surface area contributed by atoms with Gasteiger partial charge in [-0.15, -0.1) is 0 Å². The lowest BCUT2D eigenvalue weighted by Gasteiger charge is -2.31. The first-order valence-electron chi connectivity index (χ1n) is 7.54. The molecule has 0 amide bonds. The van der Waals surface area contributed by atoms with Crippen LogP contribution in [-0.4, -0.2) is 13.2 Å². The van der Waals surface area contributed by atoms with E-state index in [2.05, 4.69) is 6.08 Å². The third-order valence-electron chi connectivity index (χ3n) is 3.69. The van der Waals surface area contributed by atoms with Crippen LogP contribution >= 0.6 is 7.60 Å². The van der Waals surface area contributed by atoms with Gasteiger partial charge < -0.3 is 13.8 Å². The van der Waals surface area contributed by atoms with Gasteiger partial charge in [-0.05, 0) is 38.3 Å². The Morgan fingerprint density at radius 3 is 2.48 bits per heavy atom. The normalized spacial score (nSPS) is 21.4. The zero-order valence-electron chi connectivity index (χ0n) is 12.5. The predicted octanol–water partition coefficient (Wildman–Crippen LogP) is 4.73. The molecular weight excluding hydrogens is 287 g/mol. The second kappa shape index (κ2) is 5.96. The van der Waals surface area contributed by atoms with E-state index in [1.807, 2.05) is 38.1 Å². The SMILES string of the molecule is CCOP(=O)(OCC)C1OC(C2CC2)=Cc2ccccc21. The third kappa shape index (κ3) is 2.94. The van der Waals surface area contributed by atoms with Gasteiger partial charge in [0.05, 0.1) is 13.2 Å². The van der Waals surface area contributed by atoms with Crippen LogP contribution in [-0.2, 0) is 18.3 Å². The van der Waals surface area contributed by atoms with Gasteiger partial charge in [0.2, 0.25) is 5.85 Å². The Morgan fingerprint density at radius 2 is 1.86 bits per heavy atom. The molecule has 0 saturated heterocycles. The maximum Gasteiger partial charge on any atom is 0.375 e. The molecule has 1 saturated carbocycles. The first-order chi connectivity index (χ1) is 10.2. The van der Waals surface area contributed by atoms with Gasteiger partial charge in [-0.25, -0.2) is 0 Å². The molecular formula is C16H21O4P. The Balaban J connectivity index is 2.01. The highest BCUT2D eigenvalue weighted by atomic mass is 31.2. The molecule has 1 atom stereocenters. The van der Waals surface area contributed by atoms with Crippen LogP contribution in [0.3, 0.4) is 0 Å². The van der Waals surface area contributed by atoms with Crippen LogP contribution in [0.15, 0.2) is 30.0 Å². The summed E-state index contributed by atoms with van der Waals surface area (Å²) in [5.41, 5.74) is 1.93. The molecule has 0 aromatic heterocycles. The summed E-state index contributed by atoms with van der Waals surface area (Å²) >= 11 is 0. The monoisotopic (exact) mass is 308 g/mol. The largest absolute Gasteiger partial charge is 0.477 e. The predicted molar refractivity (Wildman–Crippen MR) is 81.8 cm³/mol. The van der Waals surface area contributed by atoms with E-state index in [4.69, 9.17) is 13.8 Å². The smallest absolute Gasteiger partial charge is 0.375 e. The topological polar surface area (TPSA) is 44.8 Å². The van der Waals surface area contributed by atoms with Crippen LogP contribution in [0.25, 0.3) is 6.08 Å². The summed E-state index contributed by atoms with van der Waals surface area (Å²) in [6.07, 6.45) is 4.33. The van der Waals surface area contributed by atoms with Crippen molar-refractivity contribution in [2.24, 2.45) is 5.92 Å². The van der Waals surface area contributed by atoms with Gasteiger partial charge in [0, 0.05) is 11.5 Å². The lowest BCUT2D eigenvalue weighted by atomic mass is 10.0. The highest BCUT2D eigenvalue weighted by molar-refractivity contribution is 7.54. The highest BCUT2D eigenvalue weighted by Crippen LogP contribution is 2.64. The molecule has 1 unspecified atom stereocenters. The molecule has 0 radical (unpaired) electrons. The Bertz CT molecular complexity index is 582. The second-order valence-corrected chi connectivity index (χ2v) is 7.36. The maximum atomic E-state index is 13.1. The summed E-state index contributed by atoms with van der Waals surface area (Å²) in [4.78, 5) is 0. The number of rotatable bonds is 6. The van der Waals surface area contributed by atoms with E-state index in [9.17, 15) is 4.57 Å². The van der Waals surface area contributed by atoms with Crippen LogP contribution in [0.2, 0.25) is 0 Å². The molecule has 1 heterocycles. The van der Waals surface area contributed by atoms with Crippen molar-refractivity contribution in [1.29, 1.82) is 0 Å². The fraction of sp³-hybridized carbons (Fsp3) is 0.500. The summed E-state index contributed by atoms with van der Waals surface area (Å²) in [6, 6.07) is 7.86. The standard InChI is InChI=1S/C16H21O4P/c1-3-18-21(17,19-4-2)16-14-8-6-5-7-13(14)11-15(20-16)12-9-10-12/h5-8,11-12,16H,3-4,9-10H2,1-2H3. The molecule has 5 heteroatoms. The van der Waals surface area contributed by atoms with Gasteiger partial charge >= 0.3 is 7.60 Å². The Hall–Kier alpha value is -1.09. The molecule has 0 bridgehead atoms. The Kier molecular flexibility index (Phi) is 4.21. The molecule has 1 aromatic rings. The van der Waals surface area contributed by atoms with Gasteiger partial charge in [-0.1, -0.05) is 24.3 Å². The minimum Gasteiger partial charge on any atom is -0.477 e. The highest BCUT2D eigenvalue weighted by Gasteiger charge is 2.44. The van der Waals surface area contributed by atoms with Crippen molar-refractivity contribution < 1.29 is 18.3 Å². The molecule has 1 aliphatic heterocycles. The minimum absolute atomic E-state index is 0.335. The fourth-order valence-electron chi connectivity index (χ4n) is 2.60. The van der Waals surface area contributed by atoms with E-state index in [0.29, 0.717) is 19.1 Å². The van der Waals surface area contributed by atoms with Gasteiger partial charge in [-0.3, -0.25) is 4.57 Å². The molecule has 1 aliphatic carbocycles. The molecule has 0 N–H and O–H groups in total. The van der Waals surface area contributed by atoms with E-state index in [0.717, 1.165) is 29.7 Å². The van der Waals surface area contributed by atoms with E-state index < -0.39 is 13.4 Å². The first-order valence-corrected chi connectivity index (χ1v) is 9.15. The molecule has 2 aliphatic rings. The number of hydrogen-bond donors (Lipinski definition) is 0. The van der Waals surface area contributed by atoms with Crippen molar-refractivity contribution in [3.63, 3.8) is 0 Å². The summed E-state index contributed by atoms with van der Waals surface area (Å²) < 4.78 is 30.2. The number of allylic oxidation sites excluding steroid dienone is 1. The van der Waals surface area contributed by atoms with Gasteiger partial charge in [0.15, 0.2) is 0 Å². The van der Waals surface area contributed by atoms with Crippen molar-refractivity contribution in [2.45, 2.75) is 32.5 Å². The van der Waals surface area contributed by atoms with Crippen LogP contribution in [0, 0.1) is 5.92 Å². The first kappa shape index (κ1) is 14.8. The molecule has 4 nitrogen and oxygen atoms in total. The van der Waals surface area contributed by atoms with Gasteiger partial charge in [0.25, 0.3) is 0 Å². The zero-order valence-corrected chi connectivity index (χ0v) is 13.3. The van der Waals surface area contributed by atoms with E-state index in [-0.39, 0.29) is 0 Å². The number of ether oxygens (including phenoxy) is 1. The van der Waals surface area contributed by atoms with Crippen LogP contribution < -0.4 is 0 Å². The van der Waals surface area contributed by atoms with E-state index in [1.54, 1.807) is 0 Å². The average molecular weight is 308 g/mol. The molecule has 1 fully saturated rings. The van der Waals surface area contributed by atoms with Crippen LogP contribution in [0.4, 0.5) is 0 Å². The van der Waals surface area contributed by atoms with Crippen molar-refractivity contribution >= 4 is 13.7 Å². The lowest BCUT2D eigenvalue weighted by molar-refractivity contribution is 0.109. The number of hydrogen-bond acceptors (Lipinski definition) is 4. The van der Waals surface area contributed by atoms with E-state index >= 15 is 0 Å². The molecule has 3 rings (SSSR count). The van der Waals surface area contributed by atoms with Crippen LogP contribution in [0.1, 0.15) is 43.7 Å².